The highest BCUT2D eigenvalue weighted by Crippen LogP contribution is 2.07. The number of amides is 1. The van der Waals surface area contributed by atoms with Crippen molar-refractivity contribution in [2.24, 2.45) is 0 Å². The smallest absolute Gasteiger partial charge is 0.335 e. The summed E-state index contributed by atoms with van der Waals surface area (Å²) in [5.41, 5.74) is 2.07. The van der Waals surface area contributed by atoms with Crippen molar-refractivity contribution in [1.29, 1.82) is 0 Å². The second-order valence-electron chi connectivity index (χ2n) is 5.32. The molecular formula is C18H19NO4S. The Morgan fingerprint density at radius 2 is 1.62 bits per heavy atom. The lowest BCUT2D eigenvalue weighted by atomic mass is 10.1. The van der Waals surface area contributed by atoms with E-state index in [0.717, 1.165) is 17.5 Å². The van der Waals surface area contributed by atoms with Gasteiger partial charge in [-0.25, -0.2) is 4.79 Å². The van der Waals surface area contributed by atoms with Crippen LogP contribution in [0.15, 0.2) is 54.6 Å². The summed E-state index contributed by atoms with van der Waals surface area (Å²) in [5, 5.41) is 11.6. The quantitative estimate of drug-likeness (QED) is 0.766. The van der Waals surface area contributed by atoms with E-state index < -0.39 is 16.8 Å². The zero-order valence-electron chi connectivity index (χ0n) is 13.1. The topological polar surface area (TPSA) is 83.5 Å². The van der Waals surface area contributed by atoms with E-state index in [1.807, 2.05) is 30.3 Å². The van der Waals surface area contributed by atoms with Gasteiger partial charge in [-0.1, -0.05) is 42.5 Å². The van der Waals surface area contributed by atoms with E-state index in [-0.39, 0.29) is 23.0 Å². The Hall–Kier alpha value is -2.47. The van der Waals surface area contributed by atoms with Gasteiger partial charge in [0.1, 0.15) is 5.75 Å². The molecule has 5 nitrogen and oxygen atoms in total. The maximum absolute atomic E-state index is 12.0. The molecule has 0 spiro atoms. The first kappa shape index (κ1) is 17.9. The molecule has 0 aliphatic rings. The van der Waals surface area contributed by atoms with Crippen molar-refractivity contribution >= 4 is 22.7 Å². The van der Waals surface area contributed by atoms with Crippen LogP contribution in [0.25, 0.3) is 0 Å². The summed E-state index contributed by atoms with van der Waals surface area (Å²) in [6, 6.07) is 16.0. The van der Waals surface area contributed by atoms with E-state index in [1.54, 1.807) is 12.1 Å². The molecule has 1 amide bonds. The molecule has 2 N–H and O–H groups in total. The molecule has 0 aliphatic carbocycles. The Balaban J connectivity index is 1.73. The fourth-order valence-electron chi connectivity index (χ4n) is 2.17. The van der Waals surface area contributed by atoms with Crippen LogP contribution in [0.2, 0.25) is 0 Å². The van der Waals surface area contributed by atoms with Gasteiger partial charge >= 0.3 is 5.97 Å². The zero-order chi connectivity index (χ0) is 17.4. The molecule has 126 valence electrons. The van der Waals surface area contributed by atoms with Crippen molar-refractivity contribution in [1.82, 2.24) is 5.32 Å². The Labute approximate surface area is 143 Å². The second-order valence-corrected chi connectivity index (χ2v) is 6.77. The van der Waals surface area contributed by atoms with Crippen LogP contribution < -0.4 is 5.32 Å². The molecule has 0 heterocycles. The number of nitrogens with one attached hydrogen (secondary N) is 1. The third-order valence-corrected chi connectivity index (χ3v) is 4.64. The first-order chi connectivity index (χ1) is 11.5. The predicted molar refractivity (Wildman–Crippen MR) is 93.3 cm³/mol. The number of hydrogen-bond donors (Lipinski definition) is 2. The van der Waals surface area contributed by atoms with Gasteiger partial charge < -0.3 is 10.4 Å². The van der Waals surface area contributed by atoms with Gasteiger partial charge in [0.25, 0.3) is 0 Å². The number of hydrogen-bond acceptors (Lipinski definition) is 3. The highest BCUT2D eigenvalue weighted by atomic mass is 32.2. The van der Waals surface area contributed by atoms with Gasteiger partial charge in [0.2, 0.25) is 5.91 Å². The Kier molecular flexibility index (Phi) is 6.69. The van der Waals surface area contributed by atoms with Crippen molar-refractivity contribution in [3.05, 3.63) is 71.3 Å². The Bertz CT molecular complexity index is 714. The molecule has 0 aliphatic heterocycles. The van der Waals surface area contributed by atoms with Crippen molar-refractivity contribution in [3.8, 4) is 0 Å². The number of benzene rings is 2. The number of carboxylic acids is 1. The molecule has 2 aromatic rings. The zero-order valence-corrected chi connectivity index (χ0v) is 13.9. The number of aromatic carboxylic acids is 1. The molecule has 1 atom stereocenters. The maximum atomic E-state index is 12.0. The molecular weight excluding hydrogens is 326 g/mol. The summed E-state index contributed by atoms with van der Waals surface area (Å²) in [5.74, 6) is -1.08. The average molecular weight is 345 g/mol. The van der Waals surface area contributed by atoms with Gasteiger partial charge in [0.05, 0.1) is 5.56 Å². The lowest BCUT2D eigenvalue weighted by Crippen LogP contribution is -2.30. The number of carbonyl (C=O) groups is 2. The van der Waals surface area contributed by atoms with Gasteiger partial charge in [-0.15, -0.1) is 0 Å². The fourth-order valence-corrected chi connectivity index (χ4v) is 3.23. The van der Waals surface area contributed by atoms with Crippen LogP contribution in [0.3, 0.4) is 0 Å². The minimum absolute atomic E-state index is 0.0600. The number of carbonyl (C=O) groups excluding carboxylic acids is 1. The van der Waals surface area contributed by atoms with Crippen molar-refractivity contribution < 1.29 is 18.9 Å². The van der Waals surface area contributed by atoms with Crippen LogP contribution in [-0.4, -0.2) is 33.5 Å². The SMILES string of the molecule is O=C(CS(=O)Cc1ccc(C(=O)O)cc1)NCCc1ccccc1. The van der Waals surface area contributed by atoms with Crippen LogP contribution in [0.1, 0.15) is 21.5 Å². The normalized spacial score (nSPS) is 11.7. The largest absolute Gasteiger partial charge is 0.478 e. The predicted octanol–water partition coefficient (Wildman–Crippen LogP) is 1.99. The third-order valence-electron chi connectivity index (χ3n) is 3.40. The van der Waals surface area contributed by atoms with E-state index in [4.69, 9.17) is 5.11 Å². The first-order valence-corrected chi connectivity index (χ1v) is 9.01. The summed E-state index contributed by atoms with van der Waals surface area (Å²) in [4.78, 5) is 22.6. The molecule has 1 unspecified atom stereocenters. The standard InChI is InChI=1S/C18H19NO4S/c20-17(19-11-10-14-4-2-1-3-5-14)13-24(23)12-15-6-8-16(9-7-15)18(21)22/h1-9H,10-13H2,(H,19,20)(H,21,22). The van der Waals surface area contributed by atoms with Gasteiger partial charge in [-0.3, -0.25) is 9.00 Å². The maximum Gasteiger partial charge on any atom is 0.335 e. The molecule has 2 rings (SSSR count). The first-order valence-electron chi connectivity index (χ1n) is 7.52. The van der Waals surface area contributed by atoms with Crippen LogP contribution in [0, 0.1) is 0 Å². The van der Waals surface area contributed by atoms with Crippen molar-refractivity contribution in [3.63, 3.8) is 0 Å². The monoisotopic (exact) mass is 345 g/mol. The van der Waals surface area contributed by atoms with Crippen LogP contribution >= 0.6 is 0 Å². The molecule has 24 heavy (non-hydrogen) atoms. The Morgan fingerprint density at radius 3 is 2.25 bits per heavy atom. The molecule has 0 radical (unpaired) electrons. The van der Waals surface area contributed by atoms with Gasteiger partial charge in [0.15, 0.2) is 0 Å². The summed E-state index contributed by atoms with van der Waals surface area (Å²) in [7, 11) is -1.33. The van der Waals surface area contributed by atoms with Crippen LogP contribution in [0.4, 0.5) is 0 Å². The molecule has 6 heteroatoms. The third kappa shape index (κ3) is 5.96. The molecule has 0 saturated heterocycles. The lowest BCUT2D eigenvalue weighted by molar-refractivity contribution is -0.118. The Morgan fingerprint density at radius 1 is 0.958 bits per heavy atom. The van der Waals surface area contributed by atoms with E-state index in [2.05, 4.69) is 5.32 Å². The summed E-state index contributed by atoms with van der Waals surface area (Å²) >= 11 is 0. The summed E-state index contributed by atoms with van der Waals surface area (Å²) in [6.45, 7) is 0.507. The van der Waals surface area contributed by atoms with Crippen molar-refractivity contribution in [2.75, 3.05) is 12.3 Å². The second kappa shape index (κ2) is 8.98. The van der Waals surface area contributed by atoms with E-state index in [1.165, 1.54) is 12.1 Å². The lowest BCUT2D eigenvalue weighted by Gasteiger charge is -2.06. The fraction of sp³-hybridized carbons (Fsp3) is 0.222. The molecule has 0 aromatic heterocycles. The number of rotatable bonds is 8. The van der Waals surface area contributed by atoms with Gasteiger partial charge in [-0.05, 0) is 29.7 Å². The van der Waals surface area contributed by atoms with Crippen molar-refractivity contribution in [2.45, 2.75) is 12.2 Å². The molecule has 0 saturated carbocycles. The highest BCUT2D eigenvalue weighted by molar-refractivity contribution is 7.84. The average Bonchev–Trinajstić information content (AvgIpc) is 2.56. The van der Waals surface area contributed by atoms with Crippen LogP contribution in [0.5, 0.6) is 0 Å². The molecule has 0 bridgehead atoms. The minimum atomic E-state index is -1.33. The van der Waals surface area contributed by atoms with Gasteiger partial charge in [0, 0.05) is 23.1 Å². The van der Waals surface area contributed by atoms with Gasteiger partial charge in [-0.2, -0.15) is 0 Å². The highest BCUT2D eigenvalue weighted by Gasteiger charge is 2.09. The van der Waals surface area contributed by atoms with Crippen LogP contribution in [-0.2, 0) is 27.8 Å². The number of carboxylic acid groups (broad SMARTS) is 1. The summed E-state index contributed by atoms with van der Waals surface area (Å²) in [6.07, 6.45) is 0.732. The summed E-state index contributed by atoms with van der Waals surface area (Å²) < 4.78 is 12.0. The van der Waals surface area contributed by atoms with E-state index in [9.17, 15) is 13.8 Å². The minimum Gasteiger partial charge on any atom is -0.478 e. The van der Waals surface area contributed by atoms with E-state index in [0.29, 0.717) is 6.54 Å². The van der Waals surface area contributed by atoms with E-state index >= 15 is 0 Å². The molecule has 2 aromatic carbocycles. The molecule has 0 fully saturated rings.